The van der Waals surface area contributed by atoms with Gasteiger partial charge in [-0.2, -0.15) is 8.42 Å². The molecule has 1 aromatic rings. The molecule has 0 spiro atoms. The normalized spacial score (nSPS) is 11.2. The number of nitrogens with one attached hydrogen (secondary N) is 2. The number of H-pyrrole nitrogens is 1. The highest BCUT2D eigenvalue weighted by Gasteiger charge is 2.21. The lowest BCUT2D eigenvalue weighted by molar-refractivity contribution is 0.198. The maximum Gasteiger partial charge on any atom is 0.412 e. The van der Waals surface area contributed by atoms with Crippen molar-refractivity contribution >= 4 is 16.2 Å². The fourth-order valence-corrected chi connectivity index (χ4v) is 2.19. The fourth-order valence-electron chi connectivity index (χ4n) is 1.48. The number of carbonyl (C=O) groups excluding carboxylic acids is 1. The van der Waals surface area contributed by atoms with Crippen molar-refractivity contribution in [3.63, 3.8) is 0 Å². The van der Waals surface area contributed by atoms with Crippen LogP contribution < -0.4 is 15.6 Å². The van der Waals surface area contributed by atoms with Crippen molar-refractivity contribution < 1.29 is 27.6 Å². The maximum absolute atomic E-state index is 11.6. The number of rotatable bonds is 4. The third-order valence-corrected chi connectivity index (χ3v) is 3.01. The Bertz CT molecular complexity index is 678. The lowest BCUT2D eigenvalue weighted by Crippen LogP contribution is -2.27. The number of hydrogen-bond donors (Lipinski definition) is 4. The van der Waals surface area contributed by atoms with Gasteiger partial charge >= 0.3 is 6.09 Å². The first-order valence-electron chi connectivity index (χ1n) is 5.51. The van der Waals surface area contributed by atoms with E-state index in [4.69, 9.17) is 9.29 Å². The molecule has 0 aromatic carbocycles. The summed E-state index contributed by atoms with van der Waals surface area (Å²) in [5, 5.41) is 11.8. The second kappa shape index (κ2) is 5.92. The molecule has 112 valence electrons. The summed E-state index contributed by atoms with van der Waals surface area (Å²) in [6.45, 7) is 3.20. The van der Waals surface area contributed by atoms with Gasteiger partial charge in [0, 0.05) is 17.7 Å². The van der Waals surface area contributed by atoms with E-state index in [1.165, 1.54) is 6.92 Å². The molecule has 0 fully saturated rings. The van der Waals surface area contributed by atoms with E-state index in [1.807, 2.05) is 4.98 Å². The second-order valence-corrected chi connectivity index (χ2v) is 5.33. The van der Waals surface area contributed by atoms with Crippen molar-refractivity contribution in [1.29, 1.82) is 0 Å². The van der Waals surface area contributed by atoms with Crippen LogP contribution in [0.5, 0.6) is 11.6 Å². The van der Waals surface area contributed by atoms with Crippen LogP contribution in [0.15, 0.2) is 4.79 Å². The SMILES string of the molecule is CCNC(=O)Oc1c(O)[nH]c(=O)c(CS(=O)(=O)O)c1C. The summed E-state index contributed by atoms with van der Waals surface area (Å²) in [7, 11) is -4.45. The van der Waals surface area contributed by atoms with Crippen LogP contribution in [0.2, 0.25) is 0 Å². The molecule has 0 saturated heterocycles. The van der Waals surface area contributed by atoms with Crippen molar-refractivity contribution in [3.8, 4) is 11.6 Å². The summed E-state index contributed by atoms with van der Waals surface area (Å²) in [6.07, 6.45) is -0.879. The van der Waals surface area contributed by atoms with Crippen LogP contribution in [0.4, 0.5) is 4.79 Å². The average molecular weight is 306 g/mol. The number of carbonyl (C=O) groups is 1. The van der Waals surface area contributed by atoms with E-state index < -0.39 is 33.4 Å². The molecule has 10 heteroatoms. The average Bonchev–Trinajstić information content (AvgIpc) is 2.29. The van der Waals surface area contributed by atoms with Gasteiger partial charge in [-0.3, -0.25) is 14.3 Å². The Kier molecular flexibility index (Phi) is 4.73. The van der Waals surface area contributed by atoms with Crippen LogP contribution in [-0.4, -0.2) is 35.7 Å². The lowest BCUT2D eigenvalue weighted by Gasteiger charge is -2.11. The molecule has 9 nitrogen and oxygen atoms in total. The molecule has 4 N–H and O–H groups in total. The summed E-state index contributed by atoms with van der Waals surface area (Å²) in [4.78, 5) is 24.8. The first-order valence-corrected chi connectivity index (χ1v) is 7.12. The molecule has 1 rings (SSSR count). The van der Waals surface area contributed by atoms with Crippen molar-refractivity contribution in [2.24, 2.45) is 0 Å². The number of aromatic amines is 1. The zero-order valence-corrected chi connectivity index (χ0v) is 11.6. The number of pyridine rings is 1. The molecule has 0 aliphatic rings. The van der Waals surface area contributed by atoms with E-state index in [1.54, 1.807) is 6.92 Å². The van der Waals surface area contributed by atoms with Gasteiger partial charge in [-0.15, -0.1) is 0 Å². The van der Waals surface area contributed by atoms with E-state index in [0.29, 0.717) is 0 Å². The van der Waals surface area contributed by atoms with Crippen LogP contribution in [0, 0.1) is 6.92 Å². The highest BCUT2D eigenvalue weighted by molar-refractivity contribution is 7.85. The molecule has 0 atom stereocenters. The van der Waals surface area contributed by atoms with E-state index in [2.05, 4.69) is 5.32 Å². The van der Waals surface area contributed by atoms with Gasteiger partial charge in [0.25, 0.3) is 15.7 Å². The Hall–Kier alpha value is -2.07. The molecular weight excluding hydrogens is 292 g/mol. The molecule has 1 aromatic heterocycles. The fraction of sp³-hybridized carbons (Fsp3) is 0.400. The summed E-state index contributed by atoms with van der Waals surface area (Å²) >= 11 is 0. The highest BCUT2D eigenvalue weighted by Crippen LogP contribution is 2.28. The first-order chi connectivity index (χ1) is 9.15. The van der Waals surface area contributed by atoms with E-state index in [-0.39, 0.29) is 23.4 Å². The Morgan fingerprint density at radius 1 is 1.45 bits per heavy atom. The molecule has 0 aliphatic heterocycles. The Morgan fingerprint density at radius 2 is 2.05 bits per heavy atom. The largest absolute Gasteiger partial charge is 0.492 e. The molecule has 0 unspecified atom stereocenters. The first kappa shape index (κ1) is 16.0. The minimum Gasteiger partial charge on any atom is -0.492 e. The summed E-state index contributed by atoms with van der Waals surface area (Å²) in [6, 6.07) is 0. The summed E-state index contributed by atoms with van der Waals surface area (Å²) in [5.41, 5.74) is -1.29. The van der Waals surface area contributed by atoms with Gasteiger partial charge in [0.1, 0.15) is 5.75 Å². The standard InChI is InChI=1S/C10H14N2O7S/c1-3-11-10(15)19-7-5(2)6(4-20(16,17)18)8(13)12-9(7)14/h3-4H2,1-2H3,(H,11,15)(H2,12,13,14)(H,16,17,18). The third-order valence-electron chi connectivity index (χ3n) is 2.36. The molecule has 1 amide bonds. The zero-order chi connectivity index (χ0) is 15.5. The lowest BCUT2D eigenvalue weighted by atomic mass is 10.1. The number of hydrogen-bond acceptors (Lipinski definition) is 6. The quantitative estimate of drug-likeness (QED) is 0.567. The number of aromatic nitrogens is 1. The highest BCUT2D eigenvalue weighted by atomic mass is 32.2. The Morgan fingerprint density at radius 3 is 2.55 bits per heavy atom. The molecule has 0 radical (unpaired) electrons. The minimum absolute atomic E-state index is 0.0601. The predicted molar refractivity (Wildman–Crippen MR) is 68.4 cm³/mol. The van der Waals surface area contributed by atoms with Crippen molar-refractivity contribution in [2.75, 3.05) is 6.54 Å². The third kappa shape index (κ3) is 3.96. The predicted octanol–water partition coefficient (Wildman–Crippen LogP) is -0.115. The molecule has 1 heterocycles. The molecule has 0 bridgehead atoms. The van der Waals surface area contributed by atoms with E-state index >= 15 is 0 Å². The van der Waals surface area contributed by atoms with Crippen LogP contribution in [0.1, 0.15) is 18.1 Å². The van der Waals surface area contributed by atoms with Gasteiger partial charge in [0.15, 0.2) is 5.75 Å². The Labute approximate surface area is 114 Å². The van der Waals surface area contributed by atoms with Crippen LogP contribution in [0.25, 0.3) is 0 Å². The number of amides is 1. The Balaban J connectivity index is 3.29. The van der Waals surface area contributed by atoms with Gasteiger partial charge < -0.3 is 15.2 Å². The second-order valence-electron chi connectivity index (χ2n) is 3.88. The van der Waals surface area contributed by atoms with Crippen molar-refractivity contribution in [2.45, 2.75) is 19.6 Å². The molecular formula is C10H14N2O7S. The minimum atomic E-state index is -4.45. The molecule has 0 saturated carbocycles. The monoisotopic (exact) mass is 306 g/mol. The van der Waals surface area contributed by atoms with Crippen molar-refractivity contribution in [3.05, 3.63) is 21.5 Å². The smallest absolute Gasteiger partial charge is 0.412 e. The van der Waals surface area contributed by atoms with Crippen LogP contribution >= 0.6 is 0 Å². The van der Waals surface area contributed by atoms with Crippen LogP contribution in [-0.2, 0) is 15.9 Å². The topological polar surface area (TPSA) is 146 Å². The van der Waals surface area contributed by atoms with Crippen molar-refractivity contribution in [1.82, 2.24) is 10.3 Å². The summed E-state index contributed by atoms with van der Waals surface area (Å²) < 4.78 is 35.3. The maximum atomic E-state index is 11.6. The van der Waals surface area contributed by atoms with Gasteiger partial charge in [-0.1, -0.05) is 0 Å². The molecule has 0 aliphatic carbocycles. The van der Waals surface area contributed by atoms with E-state index in [9.17, 15) is 23.1 Å². The van der Waals surface area contributed by atoms with Gasteiger partial charge in [-0.05, 0) is 13.8 Å². The number of aromatic hydroxyl groups is 1. The summed E-state index contributed by atoms with van der Waals surface area (Å²) in [5.74, 6) is -2.05. The van der Waals surface area contributed by atoms with E-state index in [0.717, 1.165) is 0 Å². The van der Waals surface area contributed by atoms with Gasteiger partial charge in [0.2, 0.25) is 5.88 Å². The van der Waals surface area contributed by atoms with Gasteiger partial charge in [-0.25, -0.2) is 4.79 Å². The van der Waals surface area contributed by atoms with Gasteiger partial charge in [0.05, 0.1) is 0 Å². The molecule has 20 heavy (non-hydrogen) atoms. The number of ether oxygens (including phenoxy) is 1. The zero-order valence-electron chi connectivity index (χ0n) is 10.8. The van der Waals surface area contributed by atoms with Crippen LogP contribution in [0.3, 0.4) is 0 Å².